The lowest BCUT2D eigenvalue weighted by molar-refractivity contribution is -0.143. The summed E-state index contributed by atoms with van der Waals surface area (Å²) in [6.45, 7) is 2.81. The van der Waals surface area contributed by atoms with Gasteiger partial charge >= 0.3 is 5.97 Å². The molecule has 1 amide bonds. The Hall–Kier alpha value is -1.84. The summed E-state index contributed by atoms with van der Waals surface area (Å²) in [5.41, 5.74) is 1.11. The smallest absolute Gasteiger partial charge is 0.307 e. The van der Waals surface area contributed by atoms with Crippen molar-refractivity contribution >= 4 is 11.9 Å². The summed E-state index contributed by atoms with van der Waals surface area (Å²) >= 11 is 0. The van der Waals surface area contributed by atoms with Gasteiger partial charge in [0.2, 0.25) is 5.91 Å². The van der Waals surface area contributed by atoms with Crippen LogP contribution in [0.1, 0.15) is 44.2 Å². The highest BCUT2D eigenvalue weighted by atomic mass is 16.4. The maximum absolute atomic E-state index is 12.8. The lowest BCUT2D eigenvalue weighted by Gasteiger charge is -2.36. The molecule has 4 nitrogen and oxygen atoms in total. The van der Waals surface area contributed by atoms with Crippen LogP contribution in [0.5, 0.6) is 0 Å². The lowest BCUT2D eigenvalue weighted by Crippen LogP contribution is -2.40. The van der Waals surface area contributed by atoms with Crippen LogP contribution < -0.4 is 0 Å². The fourth-order valence-electron chi connectivity index (χ4n) is 3.26. The number of carboxylic acid groups (broad SMARTS) is 1. The zero-order chi connectivity index (χ0) is 15.7. The standard InChI is InChI=1S/C18H23NO3/c1-12(14-8-3-2-4-9-14)19(11-13-6-5-7-13)17(20)15-10-16(15)18(21)22/h2-4,8-9,12-13,15-16H,5-7,10-11H2,1H3,(H,21,22). The Bertz CT molecular complexity index is 553. The lowest BCUT2D eigenvalue weighted by atomic mass is 9.84. The second kappa shape index (κ2) is 6.11. The van der Waals surface area contributed by atoms with Crippen molar-refractivity contribution in [1.82, 2.24) is 4.90 Å². The van der Waals surface area contributed by atoms with E-state index in [-0.39, 0.29) is 17.9 Å². The van der Waals surface area contributed by atoms with Crippen LogP contribution in [0.2, 0.25) is 0 Å². The van der Waals surface area contributed by atoms with Gasteiger partial charge in [-0.25, -0.2) is 0 Å². The molecule has 0 bridgehead atoms. The summed E-state index contributed by atoms with van der Waals surface area (Å²) < 4.78 is 0. The predicted octanol–water partition coefficient (Wildman–Crippen LogP) is 3.10. The van der Waals surface area contributed by atoms with E-state index in [2.05, 4.69) is 0 Å². The molecule has 0 aliphatic heterocycles. The Labute approximate surface area is 131 Å². The summed E-state index contributed by atoms with van der Waals surface area (Å²) in [5.74, 6) is -1.02. The third kappa shape index (κ3) is 3.01. The molecule has 1 N–H and O–H groups in total. The van der Waals surface area contributed by atoms with Crippen LogP contribution in [0.15, 0.2) is 30.3 Å². The molecule has 4 heteroatoms. The van der Waals surface area contributed by atoms with Crippen LogP contribution in [-0.2, 0) is 9.59 Å². The van der Waals surface area contributed by atoms with E-state index in [1.54, 1.807) is 0 Å². The first-order chi connectivity index (χ1) is 10.6. The molecule has 3 rings (SSSR count). The van der Waals surface area contributed by atoms with Crippen molar-refractivity contribution in [2.75, 3.05) is 6.54 Å². The molecule has 1 aromatic carbocycles. The molecule has 118 valence electrons. The van der Waals surface area contributed by atoms with Crippen LogP contribution in [0.4, 0.5) is 0 Å². The minimum atomic E-state index is -0.839. The SMILES string of the molecule is CC(c1ccccc1)N(CC1CCC1)C(=O)C1CC1C(=O)O. The number of hydrogen-bond acceptors (Lipinski definition) is 2. The van der Waals surface area contributed by atoms with Gasteiger partial charge in [-0.15, -0.1) is 0 Å². The molecule has 2 fully saturated rings. The molecular weight excluding hydrogens is 278 g/mol. The molecule has 2 aliphatic carbocycles. The highest BCUT2D eigenvalue weighted by molar-refractivity contribution is 5.89. The van der Waals surface area contributed by atoms with E-state index < -0.39 is 11.9 Å². The fraction of sp³-hybridized carbons (Fsp3) is 0.556. The normalized spacial score (nSPS) is 25.1. The minimum absolute atomic E-state index is 0.00402. The number of aliphatic carboxylic acids is 1. The molecule has 3 atom stereocenters. The number of hydrogen-bond donors (Lipinski definition) is 1. The first kappa shape index (κ1) is 15.1. The van der Waals surface area contributed by atoms with Gasteiger partial charge in [0.25, 0.3) is 0 Å². The molecule has 0 heterocycles. The van der Waals surface area contributed by atoms with Crippen molar-refractivity contribution in [1.29, 1.82) is 0 Å². The van der Waals surface area contributed by atoms with Gasteiger partial charge in [-0.1, -0.05) is 36.8 Å². The molecular formula is C18H23NO3. The third-order valence-corrected chi connectivity index (χ3v) is 5.14. The Balaban J connectivity index is 1.74. The van der Waals surface area contributed by atoms with Gasteiger partial charge in [0.15, 0.2) is 0 Å². The molecule has 0 spiro atoms. The number of carbonyl (C=O) groups is 2. The molecule has 0 radical (unpaired) electrons. The molecule has 1 aromatic rings. The van der Waals surface area contributed by atoms with Crippen LogP contribution >= 0.6 is 0 Å². The molecule has 0 aromatic heterocycles. The van der Waals surface area contributed by atoms with Gasteiger partial charge in [-0.3, -0.25) is 9.59 Å². The second-order valence-corrected chi connectivity index (χ2v) is 6.66. The van der Waals surface area contributed by atoms with E-state index in [0.29, 0.717) is 12.3 Å². The number of amides is 1. The summed E-state index contributed by atoms with van der Waals surface area (Å²) in [5, 5.41) is 9.08. The van der Waals surface area contributed by atoms with Crippen LogP contribution in [-0.4, -0.2) is 28.4 Å². The Morgan fingerprint density at radius 3 is 2.41 bits per heavy atom. The van der Waals surface area contributed by atoms with Crippen LogP contribution in [0, 0.1) is 17.8 Å². The van der Waals surface area contributed by atoms with Crippen molar-refractivity contribution in [2.45, 2.75) is 38.6 Å². The zero-order valence-corrected chi connectivity index (χ0v) is 12.9. The summed E-state index contributed by atoms with van der Waals surface area (Å²) in [7, 11) is 0. The largest absolute Gasteiger partial charge is 0.481 e. The number of rotatable bonds is 6. The Morgan fingerprint density at radius 2 is 1.91 bits per heavy atom. The number of nitrogens with zero attached hydrogens (tertiary/aromatic N) is 1. The maximum atomic E-state index is 12.8. The van der Waals surface area contributed by atoms with E-state index >= 15 is 0 Å². The summed E-state index contributed by atoms with van der Waals surface area (Å²) in [4.78, 5) is 25.8. The Kier molecular flexibility index (Phi) is 4.19. The van der Waals surface area contributed by atoms with Crippen molar-refractivity contribution < 1.29 is 14.7 Å². The first-order valence-corrected chi connectivity index (χ1v) is 8.16. The van der Waals surface area contributed by atoms with E-state index in [4.69, 9.17) is 5.11 Å². The maximum Gasteiger partial charge on any atom is 0.307 e. The highest BCUT2D eigenvalue weighted by Crippen LogP contribution is 2.42. The third-order valence-electron chi connectivity index (χ3n) is 5.14. The van der Waals surface area contributed by atoms with Crippen molar-refractivity contribution in [3.05, 3.63) is 35.9 Å². The van der Waals surface area contributed by atoms with E-state index in [9.17, 15) is 9.59 Å². The number of carboxylic acids is 1. The van der Waals surface area contributed by atoms with E-state index in [0.717, 1.165) is 12.1 Å². The molecule has 2 aliphatic rings. The summed E-state index contributed by atoms with van der Waals surface area (Å²) in [6, 6.07) is 10.0. The van der Waals surface area contributed by atoms with Gasteiger partial charge in [0.05, 0.1) is 17.9 Å². The van der Waals surface area contributed by atoms with Crippen molar-refractivity contribution in [3.8, 4) is 0 Å². The molecule has 0 saturated heterocycles. The Morgan fingerprint density at radius 1 is 1.23 bits per heavy atom. The predicted molar refractivity (Wildman–Crippen MR) is 83.1 cm³/mol. The van der Waals surface area contributed by atoms with Gasteiger partial charge in [0, 0.05) is 6.54 Å². The molecule has 22 heavy (non-hydrogen) atoms. The van der Waals surface area contributed by atoms with Gasteiger partial charge in [-0.2, -0.15) is 0 Å². The molecule has 3 unspecified atom stereocenters. The average Bonchev–Trinajstić information content (AvgIpc) is 3.27. The number of carbonyl (C=O) groups excluding carboxylic acids is 1. The average molecular weight is 301 g/mol. The molecule has 2 saturated carbocycles. The van der Waals surface area contributed by atoms with Crippen molar-refractivity contribution in [3.63, 3.8) is 0 Å². The van der Waals surface area contributed by atoms with Gasteiger partial charge in [0.1, 0.15) is 0 Å². The second-order valence-electron chi connectivity index (χ2n) is 6.66. The quantitative estimate of drug-likeness (QED) is 0.878. The van der Waals surface area contributed by atoms with Crippen LogP contribution in [0.3, 0.4) is 0 Å². The zero-order valence-electron chi connectivity index (χ0n) is 12.9. The monoisotopic (exact) mass is 301 g/mol. The highest BCUT2D eigenvalue weighted by Gasteiger charge is 2.50. The van der Waals surface area contributed by atoms with Gasteiger partial charge < -0.3 is 10.0 Å². The van der Waals surface area contributed by atoms with Crippen molar-refractivity contribution in [2.24, 2.45) is 17.8 Å². The van der Waals surface area contributed by atoms with E-state index in [1.165, 1.54) is 19.3 Å². The van der Waals surface area contributed by atoms with E-state index in [1.807, 2.05) is 42.2 Å². The fourth-order valence-corrected chi connectivity index (χ4v) is 3.26. The summed E-state index contributed by atoms with van der Waals surface area (Å²) in [6.07, 6.45) is 4.10. The number of benzene rings is 1. The topological polar surface area (TPSA) is 57.6 Å². The van der Waals surface area contributed by atoms with Gasteiger partial charge in [-0.05, 0) is 37.7 Å². The van der Waals surface area contributed by atoms with Crippen LogP contribution in [0.25, 0.3) is 0 Å². The minimum Gasteiger partial charge on any atom is -0.481 e. The first-order valence-electron chi connectivity index (χ1n) is 8.16.